The number of carbonyl (C=O) groups is 1. The minimum absolute atomic E-state index is 0. The molecule has 1 amide bonds. The summed E-state index contributed by atoms with van der Waals surface area (Å²) >= 11 is 5.97. The van der Waals surface area contributed by atoms with Crippen LogP contribution in [0.2, 0.25) is 5.02 Å². The molecule has 0 aliphatic carbocycles. The topological polar surface area (TPSA) is 66.0 Å². The van der Waals surface area contributed by atoms with Gasteiger partial charge in [-0.25, -0.2) is 0 Å². The summed E-state index contributed by atoms with van der Waals surface area (Å²) in [6.45, 7) is 3.19. The third-order valence-electron chi connectivity index (χ3n) is 5.34. The Morgan fingerprint density at radius 1 is 1.44 bits per heavy atom. The minimum Gasteiger partial charge on any atom is -0.375 e. The maximum Gasteiger partial charge on any atom is 0.220 e. The van der Waals surface area contributed by atoms with Crippen LogP contribution in [0.25, 0.3) is 0 Å². The van der Waals surface area contributed by atoms with E-state index in [2.05, 4.69) is 20.5 Å². The van der Waals surface area contributed by atoms with Crippen molar-refractivity contribution in [2.45, 2.75) is 25.4 Å². The summed E-state index contributed by atoms with van der Waals surface area (Å²) in [7, 11) is 3.50. The van der Waals surface area contributed by atoms with Crippen LogP contribution in [0.4, 0.5) is 0 Å². The molecular weight excluding hydrogens is 479 g/mol. The zero-order valence-electron chi connectivity index (χ0n) is 15.8. The van der Waals surface area contributed by atoms with E-state index in [-0.39, 0.29) is 41.4 Å². The lowest BCUT2D eigenvalue weighted by atomic mass is 9.79. The summed E-state index contributed by atoms with van der Waals surface area (Å²) in [5.41, 5.74) is 1.12. The minimum atomic E-state index is -0.0857. The highest BCUT2D eigenvalue weighted by molar-refractivity contribution is 14.0. The molecule has 2 heterocycles. The van der Waals surface area contributed by atoms with Crippen molar-refractivity contribution in [1.82, 2.24) is 15.5 Å². The van der Waals surface area contributed by atoms with E-state index in [0.29, 0.717) is 18.0 Å². The van der Waals surface area contributed by atoms with Crippen molar-refractivity contribution in [1.29, 1.82) is 0 Å². The summed E-state index contributed by atoms with van der Waals surface area (Å²) in [5.74, 6) is 1.02. The van der Waals surface area contributed by atoms with E-state index in [1.165, 1.54) is 0 Å². The molecule has 150 valence electrons. The number of nitrogens with zero attached hydrogens (tertiary/aromatic N) is 2. The number of carbonyl (C=O) groups excluding carboxylic acids is 1. The Morgan fingerprint density at radius 2 is 2.19 bits per heavy atom. The lowest BCUT2D eigenvalue weighted by Crippen LogP contribution is -2.51. The Hall–Kier alpha value is -1.06. The number of likely N-dealkylation sites (tertiary alicyclic amines) is 1. The highest BCUT2D eigenvalue weighted by Crippen LogP contribution is 2.36. The Kier molecular flexibility index (Phi) is 8.18. The Balaban J connectivity index is 0.00000261. The zero-order valence-corrected chi connectivity index (χ0v) is 18.9. The fourth-order valence-electron chi connectivity index (χ4n) is 3.96. The highest BCUT2D eigenvalue weighted by Gasteiger charge is 2.42. The number of benzene rings is 1. The SMILES string of the molecule is CN=C(NCC(OC)c1ccc(Cl)cc1)N1CCCC2(CNC(=O)C2)C1.I. The third-order valence-corrected chi connectivity index (χ3v) is 5.59. The average Bonchev–Trinajstić information content (AvgIpc) is 3.00. The number of ether oxygens (including phenoxy) is 1. The van der Waals surface area contributed by atoms with Gasteiger partial charge in [-0.1, -0.05) is 23.7 Å². The fourth-order valence-corrected chi connectivity index (χ4v) is 4.09. The largest absolute Gasteiger partial charge is 0.375 e. The molecule has 2 fully saturated rings. The molecule has 2 aliphatic heterocycles. The fraction of sp³-hybridized carbons (Fsp3) is 0.579. The first-order chi connectivity index (χ1) is 12.5. The van der Waals surface area contributed by atoms with Crippen LogP contribution in [-0.2, 0) is 9.53 Å². The van der Waals surface area contributed by atoms with Crippen molar-refractivity contribution in [2.75, 3.05) is 40.3 Å². The Bertz CT molecular complexity index is 670. The molecule has 0 bridgehead atoms. The molecule has 1 aromatic rings. The number of methoxy groups -OCH3 is 1. The van der Waals surface area contributed by atoms with E-state index in [0.717, 1.165) is 44.0 Å². The number of piperidine rings is 1. The molecule has 0 saturated carbocycles. The van der Waals surface area contributed by atoms with Crippen LogP contribution in [0, 0.1) is 5.41 Å². The van der Waals surface area contributed by atoms with Crippen LogP contribution < -0.4 is 10.6 Å². The number of nitrogens with one attached hydrogen (secondary N) is 2. The van der Waals surface area contributed by atoms with E-state index in [1.54, 1.807) is 14.2 Å². The monoisotopic (exact) mass is 506 g/mol. The summed E-state index contributed by atoms with van der Waals surface area (Å²) in [6.07, 6.45) is 2.69. The molecule has 8 heteroatoms. The van der Waals surface area contributed by atoms with Crippen LogP contribution >= 0.6 is 35.6 Å². The predicted octanol–water partition coefficient (Wildman–Crippen LogP) is 2.82. The predicted molar refractivity (Wildman–Crippen MR) is 119 cm³/mol. The third kappa shape index (κ3) is 5.48. The normalized spacial score (nSPS) is 23.7. The zero-order chi connectivity index (χ0) is 18.6. The van der Waals surface area contributed by atoms with E-state index < -0.39 is 0 Å². The molecule has 0 radical (unpaired) electrons. The first-order valence-electron chi connectivity index (χ1n) is 9.06. The van der Waals surface area contributed by atoms with Gasteiger partial charge in [0.25, 0.3) is 0 Å². The summed E-state index contributed by atoms with van der Waals surface area (Å²) < 4.78 is 5.63. The maximum absolute atomic E-state index is 11.7. The summed E-state index contributed by atoms with van der Waals surface area (Å²) in [5, 5.41) is 7.13. The first kappa shape index (κ1) is 22.2. The number of aliphatic imine (C=N–C) groups is 1. The molecule has 2 atom stereocenters. The highest BCUT2D eigenvalue weighted by atomic mass is 127. The van der Waals surface area contributed by atoms with Crippen molar-refractivity contribution in [3.05, 3.63) is 34.9 Å². The molecular formula is C19H28ClIN4O2. The summed E-state index contributed by atoms with van der Waals surface area (Å²) in [6, 6.07) is 7.70. The van der Waals surface area contributed by atoms with Gasteiger partial charge in [0.1, 0.15) is 0 Å². The molecule has 3 rings (SSSR count). The van der Waals surface area contributed by atoms with Gasteiger partial charge in [-0.3, -0.25) is 9.79 Å². The van der Waals surface area contributed by atoms with Gasteiger partial charge in [-0.05, 0) is 30.5 Å². The number of guanidine groups is 1. The van der Waals surface area contributed by atoms with Crippen molar-refractivity contribution in [3.63, 3.8) is 0 Å². The van der Waals surface area contributed by atoms with Gasteiger partial charge >= 0.3 is 0 Å². The lowest BCUT2D eigenvalue weighted by molar-refractivity contribution is -0.119. The second-order valence-electron chi connectivity index (χ2n) is 7.18. The van der Waals surface area contributed by atoms with Crippen LogP contribution in [0.1, 0.15) is 30.9 Å². The van der Waals surface area contributed by atoms with Crippen LogP contribution in [0.15, 0.2) is 29.3 Å². The van der Waals surface area contributed by atoms with Gasteiger partial charge in [0, 0.05) is 57.2 Å². The van der Waals surface area contributed by atoms with Gasteiger partial charge in [0.2, 0.25) is 5.91 Å². The van der Waals surface area contributed by atoms with Crippen LogP contribution in [0.5, 0.6) is 0 Å². The number of halogens is 2. The number of rotatable bonds is 4. The number of hydrogen-bond donors (Lipinski definition) is 2. The molecule has 2 N–H and O–H groups in total. The number of hydrogen-bond acceptors (Lipinski definition) is 3. The number of amides is 1. The van der Waals surface area contributed by atoms with Crippen molar-refractivity contribution < 1.29 is 9.53 Å². The molecule has 2 aliphatic rings. The van der Waals surface area contributed by atoms with Gasteiger partial charge in [-0.15, -0.1) is 24.0 Å². The van der Waals surface area contributed by atoms with E-state index in [4.69, 9.17) is 16.3 Å². The molecule has 1 spiro atoms. The van der Waals surface area contributed by atoms with Gasteiger partial charge in [-0.2, -0.15) is 0 Å². The second-order valence-corrected chi connectivity index (χ2v) is 7.62. The van der Waals surface area contributed by atoms with Gasteiger partial charge in [0.05, 0.1) is 6.10 Å². The average molecular weight is 507 g/mol. The van der Waals surface area contributed by atoms with Gasteiger partial charge < -0.3 is 20.3 Å². The smallest absolute Gasteiger partial charge is 0.220 e. The quantitative estimate of drug-likeness (QED) is 0.374. The van der Waals surface area contributed by atoms with Crippen LogP contribution in [0.3, 0.4) is 0 Å². The van der Waals surface area contributed by atoms with Crippen molar-refractivity contribution in [3.8, 4) is 0 Å². The Labute approximate surface area is 183 Å². The summed E-state index contributed by atoms with van der Waals surface area (Å²) in [4.78, 5) is 18.4. The van der Waals surface area contributed by atoms with Crippen LogP contribution in [-0.4, -0.2) is 57.1 Å². The van der Waals surface area contributed by atoms with E-state index in [1.807, 2.05) is 24.3 Å². The second kappa shape index (κ2) is 9.93. The first-order valence-corrected chi connectivity index (χ1v) is 9.44. The molecule has 2 saturated heterocycles. The van der Waals surface area contributed by atoms with Crippen molar-refractivity contribution in [2.24, 2.45) is 10.4 Å². The van der Waals surface area contributed by atoms with Gasteiger partial charge in [0.15, 0.2) is 5.96 Å². The molecule has 27 heavy (non-hydrogen) atoms. The van der Waals surface area contributed by atoms with E-state index >= 15 is 0 Å². The Morgan fingerprint density at radius 3 is 2.78 bits per heavy atom. The standard InChI is InChI=1S/C19H27ClN4O2.HI/c1-21-18(22-11-16(26-2)14-4-6-15(20)7-5-14)24-9-3-8-19(13-24)10-17(25)23-12-19;/h4-7,16H,3,8-13H2,1-2H3,(H,21,22)(H,23,25);1H. The van der Waals surface area contributed by atoms with E-state index in [9.17, 15) is 4.79 Å². The molecule has 6 nitrogen and oxygen atoms in total. The lowest BCUT2D eigenvalue weighted by Gasteiger charge is -2.41. The maximum atomic E-state index is 11.7. The molecule has 1 aromatic carbocycles. The molecule has 2 unspecified atom stereocenters. The van der Waals surface area contributed by atoms with Crippen molar-refractivity contribution >= 4 is 47.4 Å². The molecule has 0 aromatic heterocycles.